The number of hydrogen-bond donors (Lipinski definition) is 1. The predicted molar refractivity (Wildman–Crippen MR) is 75.4 cm³/mol. The van der Waals surface area contributed by atoms with Gasteiger partial charge in [-0.25, -0.2) is 4.68 Å². The fourth-order valence-corrected chi connectivity index (χ4v) is 1.82. The van der Waals surface area contributed by atoms with Crippen molar-refractivity contribution in [2.75, 3.05) is 5.88 Å². The van der Waals surface area contributed by atoms with Crippen LogP contribution in [0.4, 0.5) is 0 Å². The minimum absolute atomic E-state index is 0.0214. The van der Waals surface area contributed by atoms with Crippen molar-refractivity contribution in [2.24, 2.45) is 0 Å². The van der Waals surface area contributed by atoms with E-state index in [0.717, 1.165) is 11.3 Å². The molecule has 5 heteroatoms. The van der Waals surface area contributed by atoms with Gasteiger partial charge < -0.3 is 5.32 Å². The number of carbonyl (C=O) groups is 1. The van der Waals surface area contributed by atoms with Crippen LogP contribution in [0.1, 0.15) is 18.4 Å². The molecule has 1 amide bonds. The number of benzene rings is 1. The number of para-hydroxylation sites is 1. The molecule has 1 N–H and O–H groups in total. The number of amides is 1. The van der Waals surface area contributed by atoms with Crippen LogP contribution in [-0.2, 0) is 11.3 Å². The molecule has 0 atom stereocenters. The zero-order valence-corrected chi connectivity index (χ0v) is 11.3. The number of aromatic nitrogens is 2. The lowest BCUT2D eigenvalue weighted by Gasteiger charge is -2.02. The molecule has 0 aliphatic rings. The third kappa shape index (κ3) is 4.10. The highest BCUT2D eigenvalue weighted by Gasteiger charge is 2.03. The van der Waals surface area contributed by atoms with Gasteiger partial charge in [-0.05, 0) is 18.6 Å². The molecule has 4 nitrogen and oxygen atoms in total. The average molecular weight is 278 g/mol. The molecular weight excluding hydrogens is 262 g/mol. The van der Waals surface area contributed by atoms with Crippen molar-refractivity contribution in [1.82, 2.24) is 15.1 Å². The lowest BCUT2D eigenvalue weighted by molar-refractivity contribution is -0.121. The van der Waals surface area contributed by atoms with E-state index in [1.807, 2.05) is 36.5 Å². The van der Waals surface area contributed by atoms with Gasteiger partial charge in [0, 0.05) is 30.6 Å². The Balaban J connectivity index is 1.90. The van der Waals surface area contributed by atoms with E-state index in [2.05, 4.69) is 10.4 Å². The van der Waals surface area contributed by atoms with Crippen molar-refractivity contribution >= 4 is 17.5 Å². The quantitative estimate of drug-likeness (QED) is 0.825. The second kappa shape index (κ2) is 6.95. The van der Waals surface area contributed by atoms with Crippen molar-refractivity contribution < 1.29 is 4.79 Å². The summed E-state index contributed by atoms with van der Waals surface area (Å²) in [6.07, 6.45) is 4.85. The molecule has 0 fully saturated rings. The molecule has 0 aliphatic heterocycles. The van der Waals surface area contributed by atoms with E-state index in [-0.39, 0.29) is 5.91 Å². The third-order valence-electron chi connectivity index (χ3n) is 2.68. The lowest BCUT2D eigenvalue weighted by atomic mass is 10.3. The van der Waals surface area contributed by atoms with Crippen molar-refractivity contribution in [1.29, 1.82) is 0 Å². The minimum Gasteiger partial charge on any atom is -0.352 e. The Hall–Kier alpha value is -1.81. The maximum Gasteiger partial charge on any atom is 0.220 e. The molecule has 0 bridgehead atoms. The fraction of sp³-hybridized carbons (Fsp3) is 0.286. The summed E-state index contributed by atoms with van der Waals surface area (Å²) in [7, 11) is 0. The summed E-state index contributed by atoms with van der Waals surface area (Å²) >= 11 is 5.54. The van der Waals surface area contributed by atoms with Crippen molar-refractivity contribution in [3.63, 3.8) is 0 Å². The van der Waals surface area contributed by atoms with E-state index in [4.69, 9.17) is 11.6 Å². The van der Waals surface area contributed by atoms with Crippen molar-refractivity contribution in [2.45, 2.75) is 19.4 Å². The van der Waals surface area contributed by atoms with Crippen molar-refractivity contribution in [3.8, 4) is 5.69 Å². The van der Waals surface area contributed by atoms with Crippen LogP contribution in [0, 0.1) is 0 Å². The van der Waals surface area contributed by atoms with E-state index in [1.165, 1.54) is 0 Å². The Morgan fingerprint density at radius 2 is 2.11 bits per heavy atom. The summed E-state index contributed by atoms with van der Waals surface area (Å²) in [5, 5.41) is 7.12. The highest BCUT2D eigenvalue weighted by Crippen LogP contribution is 2.07. The normalized spacial score (nSPS) is 10.4. The summed E-state index contributed by atoms with van der Waals surface area (Å²) in [5.74, 6) is 0.535. The Bertz CT molecular complexity index is 524. The molecule has 0 radical (unpaired) electrons. The highest BCUT2D eigenvalue weighted by molar-refractivity contribution is 6.17. The molecule has 19 heavy (non-hydrogen) atoms. The maximum absolute atomic E-state index is 11.5. The lowest BCUT2D eigenvalue weighted by Crippen LogP contribution is -2.22. The summed E-state index contributed by atoms with van der Waals surface area (Å²) in [5.41, 5.74) is 1.98. The molecule has 0 spiro atoms. The fourth-order valence-electron chi connectivity index (χ4n) is 1.69. The van der Waals surface area contributed by atoms with Crippen LogP contribution >= 0.6 is 11.6 Å². The van der Waals surface area contributed by atoms with E-state index >= 15 is 0 Å². The van der Waals surface area contributed by atoms with Crippen LogP contribution < -0.4 is 5.32 Å². The van der Waals surface area contributed by atoms with Crippen LogP contribution in [0.25, 0.3) is 5.69 Å². The van der Waals surface area contributed by atoms with Gasteiger partial charge in [0.15, 0.2) is 0 Å². The van der Waals surface area contributed by atoms with Gasteiger partial charge >= 0.3 is 0 Å². The Morgan fingerprint density at radius 1 is 1.32 bits per heavy atom. The van der Waals surface area contributed by atoms with Crippen LogP contribution in [0.15, 0.2) is 42.7 Å². The van der Waals surface area contributed by atoms with Gasteiger partial charge in [0.1, 0.15) is 0 Å². The third-order valence-corrected chi connectivity index (χ3v) is 2.95. The first-order chi connectivity index (χ1) is 9.29. The van der Waals surface area contributed by atoms with E-state index in [9.17, 15) is 4.79 Å². The summed E-state index contributed by atoms with van der Waals surface area (Å²) < 4.78 is 1.79. The first kappa shape index (κ1) is 13.6. The van der Waals surface area contributed by atoms with Gasteiger partial charge in [-0.2, -0.15) is 5.10 Å². The van der Waals surface area contributed by atoms with E-state index in [1.54, 1.807) is 10.9 Å². The molecular formula is C14H16ClN3O. The Kier molecular flexibility index (Phi) is 4.98. The molecule has 1 heterocycles. The van der Waals surface area contributed by atoms with E-state index < -0.39 is 0 Å². The zero-order chi connectivity index (χ0) is 13.5. The minimum atomic E-state index is 0.0214. The first-order valence-corrected chi connectivity index (χ1v) is 6.74. The van der Waals surface area contributed by atoms with Crippen LogP contribution in [0.5, 0.6) is 0 Å². The van der Waals surface area contributed by atoms with Gasteiger partial charge in [-0.3, -0.25) is 4.79 Å². The van der Waals surface area contributed by atoms with Gasteiger partial charge in [0.25, 0.3) is 0 Å². The molecule has 2 aromatic rings. The molecule has 2 rings (SSSR count). The van der Waals surface area contributed by atoms with Gasteiger partial charge in [-0.1, -0.05) is 18.2 Å². The molecule has 0 saturated carbocycles. The number of hydrogen-bond acceptors (Lipinski definition) is 2. The summed E-state index contributed by atoms with van der Waals surface area (Å²) in [6, 6.07) is 9.85. The number of nitrogens with one attached hydrogen (secondary N) is 1. The maximum atomic E-state index is 11.5. The van der Waals surface area contributed by atoms with Gasteiger partial charge in [0.2, 0.25) is 5.91 Å². The zero-order valence-electron chi connectivity index (χ0n) is 10.6. The largest absolute Gasteiger partial charge is 0.352 e. The van der Waals surface area contributed by atoms with Gasteiger partial charge in [0.05, 0.1) is 11.9 Å². The van der Waals surface area contributed by atoms with Gasteiger partial charge in [-0.15, -0.1) is 11.6 Å². The smallest absolute Gasteiger partial charge is 0.220 e. The standard InChI is InChI=1S/C14H16ClN3O/c15-8-4-7-14(19)16-9-12-10-17-18(11-12)13-5-2-1-3-6-13/h1-3,5-6,10-11H,4,7-9H2,(H,16,19). The van der Waals surface area contributed by atoms with Crippen LogP contribution in [0.3, 0.4) is 0 Å². The Labute approximate surface area is 117 Å². The van der Waals surface area contributed by atoms with Crippen molar-refractivity contribution in [3.05, 3.63) is 48.3 Å². The topological polar surface area (TPSA) is 46.9 Å². The second-order valence-electron chi connectivity index (χ2n) is 4.20. The number of carbonyl (C=O) groups excluding carboxylic acids is 1. The predicted octanol–water partition coefficient (Wildman–Crippen LogP) is 2.51. The molecule has 100 valence electrons. The van der Waals surface area contributed by atoms with Crippen LogP contribution in [-0.4, -0.2) is 21.6 Å². The molecule has 0 unspecified atom stereocenters. The number of alkyl halides is 1. The summed E-state index contributed by atoms with van der Waals surface area (Å²) in [6.45, 7) is 0.494. The summed E-state index contributed by atoms with van der Waals surface area (Å²) in [4.78, 5) is 11.5. The van der Waals surface area contributed by atoms with E-state index in [0.29, 0.717) is 25.3 Å². The number of rotatable bonds is 6. The Morgan fingerprint density at radius 3 is 2.84 bits per heavy atom. The molecule has 1 aromatic heterocycles. The number of nitrogens with zero attached hydrogens (tertiary/aromatic N) is 2. The monoisotopic (exact) mass is 277 g/mol. The molecule has 0 saturated heterocycles. The van der Waals surface area contributed by atoms with Crippen LogP contribution in [0.2, 0.25) is 0 Å². The molecule has 1 aromatic carbocycles. The average Bonchev–Trinajstić information content (AvgIpc) is 2.93. The second-order valence-corrected chi connectivity index (χ2v) is 4.58. The first-order valence-electron chi connectivity index (χ1n) is 6.21. The molecule has 0 aliphatic carbocycles. The number of halogens is 1. The SMILES string of the molecule is O=C(CCCCl)NCc1cnn(-c2ccccc2)c1. The highest BCUT2D eigenvalue weighted by atomic mass is 35.5.